The number of nitrogens with zero attached hydrogens (tertiary/aromatic N) is 2. The van der Waals surface area contributed by atoms with Crippen molar-refractivity contribution in [3.05, 3.63) is 48.0 Å². The van der Waals surface area contributed by atoms with Crippen LogP contribution in [0.3, 0.4) is 0 Å². The molecular formula is C16H23N3O. The maximum absolute atomic E-state index is 6.35. The van der Waals surface area contributed by atoms with Gasteiger partial charge in [-0.25, -0.2) is 4.98 Å². The van der Waals surface area contributed by atoms with Crippen molar-refractivity contribution in [2.75, 3.05) is 6.61 Å². The van der Waals surface area contributed by atoms with Gasteiger partial charge in [0.1, 0.15) is 11.6 Å². The lowest BCUT2D eigenvalue weighted by Crippen LogP contribution is -2.17. The number of rotatable bonds is 7. The number of aromatic nitrogens is 2. The summed E-state index contributed by atoms with van der Waals surface area (Å²) < 4.78 is 7.82. The van der Waals surface area contributed by atoms with Gasteiger partial charge in [0.05, 0.1) is 6.61 Å². The molecule has 108 valence electrons. The van der Waals surface area contributed by atoms with Crippen molar-refractivity contribution in [1.29, 1.82) is 0 Å². The first-order valence-corrected chi connectivity index (χ1v) is 7.23. The molecule has 1 atom stereocenters. The fourth-order valence-corrected chi connectivity index (χ4v) is 2.35. The molecule has 1 aromatic carbocycles. The van der Waals surface area contributed by atoms with E-state index in [4.69, 9.17) is 10.5 Å². The van der Waals surface area contributed by atoms with Crippen molar-refractivity contribution in [3.63, 3.8) is 0 Å². The number of ether oxygens (including phenoxy) is 1. The zero-order chi connectivity index (χ0) is 14.4. The molecule has 2 N–H and O–H groups in total. The summed E-state index contributed by atoms with van der Waals surface area (Å²) in [6.45, 7) is 5.77. The van der Waals surface area contributed by atoms with E-state index in [9.17, 15) is 0 Å². The van der Waals surface area contributed by atoms with E-state index < -0.39 is 0 Å². The van der Waals surface area contributed by atoms with Gasteiger partial charge < -0.3 is 15.0 Å². The number of hydrogen-bond acceptors (Lipinski definition) is 3. The summed E-state index contributed by atoms with van der Waals surface area (Å²) in [4.78, 5) is 4.42. The second kappa shape index (κ2) is 7.10. The van der Waals surface area contributed by atoms with Crippen LogP contribution in [0.5, 0.6) is 5.75 Å². The molecular weight excluding hydrogens is 250 g/mol. The quantitative estimate of drug-likeness (QED) is 0.844. The van der Waals surface area contributed by atoms with Gasteiger partial charge >= 0.3 is 0 Å². The lowest BCUT2D eigenvalue weighted by Gasteiger charge is -2.17. The highest BCUT2D eigenvalue weighted by Gasteiger charge is 2.14. The monoisotopic (exact) mass is 273 g/mol. The first-order valence-electron chi connectivity index (χ1n) is 7.23. The summed E-state index contributed by atoms with van der Waals surface area (Å²) in [6, 6.07) is 7.87. The minimum absolute atomic E-state index is 0.101. The maximum Gasteiger partial charge on any atom is 0.124 e. The number of hydrogen-bond donors (Lipinski definition) is 1. The Morgan fingerprint density at radius 1 is 1.30 bits per heavy atom. The van der Waals surface area contributed by atoms with E-state index >= 15 is 0 Å². The van der Waals surface area contributed by atoms with Crippen LogP contribution in [0.1, 0.15) is 37.7 Å². The first kappa shape index (κ1) is 14.6. The SMILES string of the molecule is CCCn1ccnc1CC(N)c1ccccc1OCC. The molecule has 1 heterocycles. The Bertz CT molecular complexity index is 536. The van der Waals surface area contributed by atoms with Crippen LogP contribution in [0.4, 0.5) is 0 Å². The molecule has 20 heavy (non-hydrogen) atoms. The largest absolute Gasteiger partial charge is 0.494 e. The maximum atomic E-state index is 6.35. The highest BCUT2D eigenvalue weighted by atomic mass is 16.5. The van der Waals surface area contributed by atoms with Crippen LogP contribution < -0.4 is 10.5 Å². The van der Waals surface area contributed by atoms with E-state index in [-0.39, 0.29) is 6.04 Å². The van der Waals surface area contributed by atoms with Gasteiger partial charge in [0.2, 0.25) is 0 Å². The second-order valence-corrected chi connectivity index (χ2v) is 4.82. The summed E-state index contributed by atoms with van der Waals surface area (Å²) in [5, 5.41) is 0. The molecule has 0 saturated heterocycles. The summed E-state index contributed by atoms with van der Waals surface area (Å²) in [7, 11) is 0. The van der Waals surface area contributed by atoms with Crippen LogP contribution in [0.15, 0.2) is 36.7 Å². The van der Waals surface area contributed by atoms with E-state index in [1.807, 2.05) is 43.6 Å². The Labute approximate surface area is 120 Å². The van der Waals surface area contributed by atoms with E-state index in [0.29, 0.717) is 6.61 Å². The molecule has 0 amide bonds. The van der Waals surface area contributed by atoms with Gasteiger partial charge in [0, 0.05) is 37.0 Å². The van der Waals surface area contributed by atoms with Gasteiger partial charge in [-0.1, -0.05) is 25.1 Å². The fraction of sp³-hybridized carbons (Fsp3) is 0.438. The zero-order valence-electron chi connectivity index (χ0n) is 12.2. The van der Waals surface area contributed by atoms with Crippen molar-refractivity contribution in [2.45, 2.75) is 39.3 Å². The molecule has 4 nitrogen and oxygen atoms in total. The molecule has 0 saturated carbocycles. The number of nitrogens with two attached hydrogens (primary N) is 1. The normalized spacial score (nSPS) is 12.3. The molecule has 0 fully saturated rings. The Hall–Kier alpha value is -1.81. The third-order valence-electron chi connectivity index (χ3n) is 3.29. The van der Waals surface area contributed by atoms with Gasteiger partial charge in [-0.15, -0.1) is 0 Å². The molecule has 0 spiro atoms. The van der Waals surface area contributed by atoms with Gasteiger partial charge in [-0.2, -0.15) is 0 Å². The first-order chi connectivity index (χ1) is 9.76. The van der Waals surface area contributed by atoms with Gasteiger partial charge in [-0.05, 0) is 19.4 Å². The minimum Gasteiger partial charge on any atom is -0.494 e. The van der Waals surface area contributed by atoms with Crippen molar-refractivity contribution in [3.8, 4) is 5.75 Å². The van der Waals surface area contributed by atoms with E-state index in [1.54, 1.807) is 0 Å². The smallest absolute Gasteiger partial charge is 0.124 e. The average molecular weight is 273 g/mol. The summed E-state index contributed by atoms with van der Waals surface area (Å²) in [6.07, 6.45) is 5.66. The lowest BCUT2D eigenvalue weighted by molar-refractivity contribution is 0.334. The van der Waals surface area contributed by atoms with Crippen LogP contribution in [-0.4, -0.2) is 16.2 Å². The molecule has 0 aliphatic heterocycles. The molecule has 1 unspecified atom stereocenters. The molecule has 0 radical (unpaired) electrons. The number of aryl methyl sites for hydroxylation is 1. The standard InChI is InChI=1S/C16H23N3O/c1-3-10-19-11-9-18-16(19)12-14(17)13-7-5-6-8-15(13)20-4-2/h5-9,11,14H,3-4,10,12,17H2,1-2H3. The Morgan fingerprint density at radius 2 is 2.10 bits per heavy atom. The predicted molar refractivity (Wildman–Crippen MR) is 80.8 cm³/mol. The predicted octanol–water partition coefficient (Wildman–Crippen LogP) is 2.93. The van der Waals surface area contributed by atoms with Gasteiger partial charge in [-0.3, -0.25) is 0 Å². The second-order valence-electron chi connectivity index (χ2n) is 4.82. The van der Waals surface area contributed by atoms with Crippen molar-refractivity contribution >= 4 is 0 Å². The van der Waals surface area contributed by atoms with Crippen LogP contribution in [0, 0.1) is 0 Å². The molecule has 2 rings (SSSR count). The van der Waals surface area contributed by atoms with Crippen molar-refractivity contribution < 1.29 is 4.74 Å². The molecule has 1 aromatic heterocycles. The Balaban J connectivity index is 2.15. The highest BCUT2D eigenvalue weighted by molar-refractivity contribution is 5.36. The van der Waals surface area contributed by atoms with Gasteiger partial charge in [0.25, 0.3) is 0 Å². The minimum atomic E-state index is -0.101. The molecule has 0 aliphatic carbocycles. The van der Waals surface area contributed by atoms with Crippen LogP contribution in [0.25, 0.3) is 0 Å². The summed E-state index contributed by atoms with van der Waals surface area (Å²) in [5.74, 6) is 1.90. The molecule has 0 bridgehead atoms. The third kappa shape index (κ3) is 3.39. The molecule has 2 aromatic rings. The third-order valence-corrected chi connectivity index (χ3v) is 3.29. The molecule has 0 aliphatic rings. The van der Waals surface area contributed by atoms with E-state index in [2.05, 4.69) is 16.5 Å². The fourth-order valence-electron chi connectivity index (χ4n) is 2.35. The average Bonchev–Trinajstić information content (AvgIpc) is 2.87. The van der Waals surface area contributed by atoms with E-state index in [0.717, 1.165) is 36.5 Å². The highest BCUT2D eigenvalue weighted by Crippen LogP contribution is 2.25. The number of imidazole rings is 1. The van der Waals surface area contributed by atoms with Crippen LogP contribution in [-0.2, 0) is 13.0 Å². The molecule has 4 heteroatoms. The van der Waals surface area contributed by atoms with Crippen molar-refractivity contribution in [2.24, 2.45) is 5.73 Å². The zero-order valence-corrected chi connectivity index (χ0v) is 12.2. The van der Waals surface area contributed by atoms with E-state index in [1.165, 1.54) is 0 Å². The van der Waals surface area contributed by atoms with Crippen LogP contribution in [0.2, 0.25) is 0 Å². The van der Waals surface area contributed by atoms with Crippen LogP contribution >= 0.6 is 0 Å². The van der Waals surface area contributed by atoms with Gasteiger partial charge in [0.15, 0.2) is 0 Å². The number of para-hydroxylation sites is 1. The number of benzene rings is 1. The Kier molecular flexibility index (Phi) is 5.18. The summed E-state index contributed by atoms with van der Waals surface area (Å²) in [5.41, 5.74) is 7.39. The summed E-state index contributed by atoms with van der Waals surface area (Å²) >= 11 is 0. The lowest BCUT2D eigenvalue weighted by atomic mass is 10.0. The topological polar surface area (TPSA) is 53.1 Å². The Morgan fingerprint density at radius 3 is 2.85 bits per heavy atom. The van der Waals surface area contributed by atoms with Crippen molar-refractivity contribution in [1.82, 2.24) is 9.55 Å².